The van der Waals surface area contributed by atoms with E-state index in [1.165, 1.54) is 6.42 Å². The Morgan fingerprint density at radius 3 is 2.67 bits per heavy atom. The molecule has 1 aliphatic carbocycles. The lowest BCUT2D eigenvalue weighted by Gasteiger charge is -2.48. The summed E-state index contributed by atoms with van der Waals surface area (Å²) < 4.78 is 5.80. The molecule has 2 fully saturated rings. The summed E-state index contributed by atoms with van der Waals surface area (Å²) >= 11 is 0. The Labute approximate surface area is 91.4 Å². The van der Waals surface area contributed by atoms with E-state index in [9.17, 15) is 10.2 Å². The number of rotatable bonds is 3. The molecule has 3 unspecified atom stereocenters. The Morgan fingerprint density at radius 2 is 2.13 bits per heavy atom. The van der Waals surface area contributed by atoms with Crippen molar-refractivity contribution in [3.05, 3.63) is 0 Å². The van der Waals surface area contributed by atoms with Crippen LogP contribution in [0.5, 0.6) is 0 Å². The van der Waals surface area contributed by atoms with E-state index in [1.54, 1.807) is 0 Å². The monoisotopic (exact) mass is 214 g/mol. The minimum atomic E-state index is -0.565. The maximum Gasteiger partial charge on any atom is 0.0828 e. The predicted molar refractivity (Wildman–Crippen MR) is 57.6 cm³/mol. The Balaban J connectivity index is 1.92. The zero-order valence-electron chi connectivity index (χ0n) is 9.48. The van der Waals surface area contributed by atoms with E-state index in [0.29, 0.717) is 6.42 Å². The molecule has 1 saturated carbocycles. The molecular formula is C12H22O3. The van der Waals surface area contributed by atoms with Gasteiger partial charge in [-0.15, -0.1) is 0 Å². The standard InChI is InChI=1S/C12H22O3/c1-2-10(13)11(14)9-4-7-15-12(8-9)5-3-6-12/h9-11,13-14H,2-8H2,1H3. The van der Waals surface area contributed by atoms with Gasteiger partial charge in [0.1, 0.15) is 0 Å². The van der Waals surface area contributed by atoms with Gasteiger partial charge < -0.3 is 14.9 Å². The minimum Gasteiger partial charge on any atom is -0.390 e. The summed E-state index contributed by atoms with van der Waals surface area (Å²) in [6.07, 6.45) is 4.86. The molecule has 3 atom stereocenters. The summed E-state index contributed by atoms with van der Waals surface area (Å²) in [4.78, 5) is 0. The van der Waals surface area contributed by atoms with Gasteiger partial charge in [-0.1, -0.05) is 6.92 Å². The van der Waals surface area contributed by atoms with Gasteiger partial charge in [0.15, 0.2) is 0 Å². The van der Waals surface area contributed by atoms with E-state index >= 15 is 0 Å². The Hall–Kier alpha value is -0.120. The summed E-state index contributed by atoms with van der Waals surface area (Å²) in [5.41, 5.74) is 0.0668. The van der Waals surface area contributed by atoms with E-state index in [1.807, 2.05) is 6.92 Å². The zero-order chi connectivity index (χ0) is 10.9. The fraction of sp³-hybridized carbons (Fsp3) is 1.00. The summed E-state index contributed by atoms with van der Waals surface area (Å²) in [7, 11) is 0. The SMILES string of the molecule is CCC(O)C(O)C1CCOC2(CCC2)C1. The Morgan fingerprint density at radius 1 is 1.40 bits per heavy atom. The molecule has 0 aromatic rings. The minimum absolute atomic E-state index is 0.0668. The molecule has 3 heteroatoms. The highest BCUT2D eigenvalue weighted by Gasteiger charge is 2.44. The molecule has 0 aromatic carbocycles. The third kappa shape index (κ3) is 2.19. The van der Waals surface area contributed by atoms with E-state index in [0.717, 1.165) is 32.3 Å². The molecule has 0 amide bonds. The molecule has 1 aliphatic heterocycles. The van der Waals surface area contributed by atoms with Gasteiger partial charge in [0.05, 0.1) is 17.8 Å². The molecule has 0 aromatic heterocycles. The molecule has 1 saturated heterocycles. The molecule has 3 nitrogen and oxygen atoms in total. The summed E-state index contributed by atoms with van der Waals surface area (Å²) in [6.45, 7) is 2.66. The van der Waals surface area contributed by atoms with Crippen LogP contribution in [0.4, 0.5) is 0 Å². The second-order valence-corrected chi connectivity index (χ2v) is 5.10. The van der Waals surface area contributed by atoms with Crippen LogP contribution in [0.1, 0.15) is 45.4 Å². The van der Waals surface area contributed by atoms with Crippen LogP contribution >= 0.6 is 0 Å². The Bertz CT molecular complexity index is 213. The van der Waals surface area contributed by atoms with Gasteiger partial charge in [-0.25, -0.2) is 0 Å². The molecule has 0 bridgehead atoms. The van der Waals surface area contributed by atoms with Crippen LogP contribution < -0.4 is 0 Å². The largest absolute Gasteiger partial charge is 0.390 e. The summed E-state index contributed by atoms with van der Waals surface area (Å²) in [6, 6.07) is 0. The number of aliphatic hydroxyl groups is 2. The van der Waals surface area contributed by atoms with Crippen LogP contribution in [0.3, 0.4) is 0 Å². The van der Waals surface area contributed by atoms with E-state index in [2.05, 4.69) is 0 Å². The molecule has 1 heterocycles. The van der Waals surface area contributed by atoms with Gasteiger partial charge in [-0.3, -0.25) is 0 Å². The van der Waals surface area contributed by atoms with Crippen LogP contribution in [0.25, 0.3) is 0 Å². The Kier molecular flexibility index (Phi) is 3.33. The maximum absolute atomic E-state index is 9.99. The highest BCUT2D eigenvalue weighted by atomic mass is 16.5. The summed E-state index contributed by atoms with van der Waals surface area (Å²) in [5.74, 6) is 0.231. The summed E-state index contributed by atoms with van der Waals surface area (Å²) in [5, 5.41) is 19.6. The number of ether oxygens (including phenoxy) is 1. The first-order chi connectivity index (χ1) is 7.17. The van der Waals surface area contributed by atoms with Gasteiger partial charge in [0.2, 0.25) is 0 Å². The van der Waals surface area contributed by atoms with Gasteiger partial charge in [0.25, 0.3) is 0 Å². The second-order valence-electron chi connectivity index (χ2n) is 5.10. The van der Waals surface area contributed by atoms with Crippen molar-refractivity contribution < 1.29 is 14.9 Å². The third-order valence-corrected chi connectivity index (χ3v) is 4.09. The molecule has 1 spiro atoms. The number of hydrogen-bond donors (Lipinski definition) is 2. The van der Waals surface area contributed by atoms with Crippen molar-refractivity contribution in [3.63, 3.8) is 0 Å². The van der Waals surface area contributed by atoms with E-state index in [4.69, 9.17) is 4.74 Å². The third-order valence-electron chi connectivity index (χ3n) is 4.09. The van der Waals surface area contributed by atoms with E-state index in [-0.39, 0.29) is 11.5 Å². The topological polar surface area (TPSA) is 49.7 Å². The predicted octanol–water partition coefficient (Wildman–Crippen LogP) is 1.47. The van der Waals surface area contributed by atoms with Gasteiger partial charge in [-0.2, -0.15) is 0 Å². The van der Waals surface area contributed by atoms with Crippen molar-refractivity contribution in [2.45, 2.75) is 63.3 Å². The fourth-order valence-electron chi connectivity index (χ4n) is 2.83. The van der Waals surface area contributed by atoms with Crippen molar-refractivity contribution in [2.24, 2.45) is 5.92 Å². The molecule has 2 N–H and O–H groups in total. The zero-order valence-corrected chi connectivity index (χ0v) is 9.48. The molecule has 0 radical (unpaired) electrons. The smallest absolute Gasteiger partial charge is 0.0828 e. The van der Waals surface area contributed by atoms with Crippen LogP contribution in [-0.4, -0.2) is 34.6 Å². The average Bonchev–Trinajstić information content (AvgIpc) is 2.25. The lowest BCUT2D eigenvalue weighted by atomic mass is 9.70. The quantitative estimate of drug-likeness (QED) is 0.748. The van der Waals surface area contributed by atoms with Crippen molar-refractivity contribution in [1.29, 1.82) is 0 Å². The lowest BCUT2D eigenvalue weighted by molar-refractivity contribution is -0.166. The second kappa shape index (κ2) is 4.40. The van der Waals surface area contributed by atoms with Gasteiger partial charge in [-0.05, 0) is 44.4 Å². The highest BCUT2D eigenvalue weighted by Crippen LogP contribution is 2.45. The molecular weight excluding hydrogens is 192 g/mol. The molecule has 88 valence electrons. The number of hydrogen-bond acceptors (Lipinski definition) is 3. The first-order valence-electron chi connectivity index (χ1n) is 6.17. The fourth-order valence-corrected chi connectivity index (χ4v) is 2.83. The van der Waals surface area contributed by atoms with Gasteiger partial charge in [0, 0.05) is 6.61 Å². The van der Waals surface area contributed by atoms with Crippen molar-refractivity contribution >= 4 is 0 Å². The van der Waals surface area contributed by atoms with Crippen molar-refractivity contribution in [1.82, 2.24) is 0 Å². The maximum atomic E-state index is 9.99. The van der Waals surface area contributed by atoms with Crippen molar-refractivity contribution in [3.8, 4) is 0 Å². The molecule has 2 rings (SSSR count). The normalized spacial score (nSPS) is 33.4. The average molecular weight is 214 g/mol. The van der Waals surface area contributed by atoms with Gasteiger partial charge >= 0.3 is 0 Å². The van der Waals surface area contributed by atoms with Crippen LogP contribution in [0.15, 0.2) is 0 Å². The van der Waals surface area contributed by atoms with Crippen LogP contribution in [-0.2, 0) is 4.74 Å². The van der Waals surface area contributed by atoms with Crippen LogP contribution in [0, 0.1) is 5.92 Å². The van der Waals surface area contributed by atoms with Crippen LogP contribution in [0.2, 0.25) is 0 Å². The first-order valence-corrected chi connectivity index (χ1v) is 6.17. The number of aliphatic hydroxyl groups excluding tert-OH is 2. The van der Waals surface area contributed by atoms with Crippen molar-refractivity contribution in [2.75, 3.05) is 6.61 Å². The molecule has 15 heavy (non-hydrogen) atoms. The first kappa shape index (κ1) is 11.4. The molecule has 2 aliphatic rings. The lowest BCUT2D eigenvalue weighted by Crippen LogP contribution is -2.49. The highest BCUT2D eigenvalue weighted by molar-refractivity contribution is 4.96. The van der Waals surface area contributed by atoms with E-state index < -0.39 is 12.2 Å².